The SMILES string of the molecule is Cc1cc(C)c(C(NN)c2c(F)cccc2Br)cc1C. The van der Waals surface area contributed by atoms with E-state index in [1.807, 2.05) is 19.9 Å². The Morgan fingerprint density at radius 1 is 1.10 bits per heavy atom. The van der Waals surface area contributed by atoms with Crippen LogP contribution in [0.4, 0.5) is 4.39 Å². The second kappa shape index (κ2) is 6.04. The Labute approximate surface area is 127 Å². The van der Waals surface area contributed by atoms with Gasteiger partial charge in [0, 0.05) is 10.0 Å². The molecule has 0 spiro atoms. The second-order valence-electron chi connectivity index (χ2n) is 5.03. The van der Waals surface area contributed by atoms with Gasteiger partial charge in [-0.3, -0.25) is 5.84 Å². The molecule has 0 aliphatic carbocycles. The van der Waals surface area contributed by atoms with Gasteiger partial charge in [0.2, 0.25) is 0 Å². The summed E-state index contributed by atoms with van der Waals surface area (Å²) in [6.07, 6.45) is 0. The van der Waals surface area contributed by atoms with Crippen LogP contribution in [0.25, 0.3) is 0 Å². The van der Waals surface area contributed by atoms with Crippen molar-refractivity contribution in [2.75, 3.05) is 0 Å². The Hall–Kier alpha value is -1.23. The fourth-order valence-corrected chi connectivity index (χ4v) is 2.98. The summed E-state index contributed by atoms with van der Waals surface area (Å²) in [4.78, 5) is 0. The van der Waals surface area contributed by atoms with E-state index in [-0.39, 0.29) is 11.9 Å². The van der Waals surface area contributed by atoms with E-state index in [1.54, 1.807) is 6.07 Å². The molecule has 20 heavy (non-hydrogen) atoms. The molecule has 4 heteroatoms. The third-order valence-electron chi connectivity index (χ3n) is 3.65. The predicted molar refractivity (Wildman–Crippen MR) is 83.9 cm³/mol. The lowest BCUT2D eigenvalue weighted by atomic mass is 9.92. The van der Waals surface area contributed by atoms with Crippen molar-refractivity contribution >= 4 is 15.9 Å². The summed E-state index contributed by atoms with van der Waals surface area (Å²) in [7, 11) is 0. The molecule has 0 fully saturated rings. The number of hydrogen-bond donors (Lipinski definition) is 2. The van der Waals surface area contributed by atoms with Crippen molar-refractivity contribution in [3.63, 3.8) is 0 Å². The highest BCUT2D eigenvalue weighted by atomic mass is 79.9. The van der Waals surface area contributed by atoms with Crippen LogP contribution < -0.4 is 11.3 Å². The standard InChI is InChI=1S/C16H18BrFN2/c1-9-7-11(3)12(8-10(9)2)16(20-19)15-13(17)5-4-6-14(15)18/h4-8,16,20H,19H2,1-3H3. The summed E-state index contributed by atoms with van der Waals surface area (Å²) in [5, 5.41) is 0. The topological polar surface area (TPSA) is 38.0 Å². The van der Waals surface area contributed by atoms with Crippen molar-refractivity contribution in [2.45, 2.75) is 26.8 Å². The molecule has 0 amide bonds. The molecule has 0 aliphatic heterocycles. The van der Waals surface area contributed by atoms with Crippen molar-refractivity contribution in [2.24, 2.45) is 5.84 Å². The highest BCUT2D eigenvalue weighted by Gasteiger charge is 2.21. The molecule has 0 saturated carbocycles. The van der Waals surface area contributed by atoms with Gasteiger partial charge < -0.3 is 0 Å². The largest absolute Gasteiger partial charge is 0.271 e. The van der Waals surface area contributed by atoms with Crippen molar-refractivity contribution in [1.29, 1.82) is 0 Å². The van der Waals surface area contributed by atoms with Gasteiger partial charge in [0.05, 0.1) is 6.04 Å². The first kappa shape index (κ1) is 15.2. The molecule has 2 aromatic rings. The molecule has 0 aromatic heterocycles. The minimum atomic E-state index is -0.384. The number of hydrazine groups is 1. The molecule has 106 valence electrons. The van der Waals surface area contributed by atoms with Gasteiger partial charge in [-0.25, -0.2) is 9.82 Å². The van der Waals surface area contributed by atoms with E-state index in [0.29, 0.717) is 10.0 Å². The number of benzene rings is 2. The molecule has 1 atom stereocenters. The average Bonchev–Trinajstić information content (AvgIpc) is 2.39. The van der Waals surface area contributed by atoms with Gasteiger partial charge in [-0.05, 0) is 55.2 Å². The van der Waals surface area contributed by atoms with Crippen molar-refractivity contribution in [1.82, 2.24) is 5.43 Å². The fourth-order valence-electron chi connectivity index (χ4n) is 2.41. The minimum Gasteiger partial charge on any atom is -0.271 e. The summed E-state index contributed by atoms with van der Waals surface area (Å²) >= 11 is 3.41. The number of rotatable bonds is 3. The Morgan fingerprint density at radius 2 is 1.75 bits per heavy atom. The molecular weight excluding hydrogens is 319 g/mol. The molecule has 0 bridgehead atoms. The van der Waals surface area contributed by atoms with E-state index < -0.39 is 0 Å². The molecule has 0 aliphatic rings. The van der Waals surface area contributed by atoms with Crippen molar-refractivity contribution < 1.29 is 4.39 Å². The summed E-state index contributed by atoms with van der Waals surface area (Å²) in [5.41, 5.74) is 7.72. The highest BCUT2D eigenvalue weighted by molar-refractivity contribution is 9.10. The van der Waals surface area contributed by atoms with E-state index in [0.717, 1.165) is 11.1 Å². The molecule has 2 nitrogen and oxygen atoms in total. The van der Waals surface area contributed by atoms with Crippen LogP contribution in [0, 0.1) is 26.6 Å². The normalized spacial score (nSPS) is 12.5. The number of halogens is 2. The van der Waals surface area contributed by atoms with Gasteiger partial charge in [0.25, 0.3) is 0 Å². The summed E-state index contributed by atoms with van der Waals surface area (Å²) in [6.45, 7) is 6.12. The van der Waals surface area contributed by atoms with Crippen LogP contribution in [0.15, 0.2) is 34.8 Å². The number of aryl methyl sites for hydroxylation is 3. The second-order valence-corrected chi connectivity index (χ2v) is 5.88. The van der Waals surface area contributed by atoms with E-state index in [1.165, 1.54) is 17.2 Å². The third-order valence-corrected chi connectivity index (χ3v) is 4.34. The van der Waals surface area contributed by atoms with Gasteiger partial charge in [0.1, 0.15) is 5.82 Å². The van der Waals surface area contributed by atoms with E-state index in [9.17, 15) is 4.39 Å². The van der Waals surface area contributed by atoms with E-state index in [2.05, 4.69) is 40.4 Å². The first-order valence-electron chi connectivity index (χ1n) is 6.43. The Morgan fingerprint density at radius 3 is 2.35 bits per heavy atom. The zero-order valence-corrected chi connectivity index (χ0v) is 13.4. The van der Waals surface area contributed by atoms with Gasteiger partial charge >= 0.3 is 0 Å². The number of nitrogens with two attached hydrogens (primary N) is 1. The van der Waals surface area contributed by atoms with Gasteiger partial charge in [-0.2, -0.15) is 0 Å². The molecule has 2 aromatic carbocycles. The molecule has 0 heterocycles. The lowest BCUT2D eigenvalue weighted by Gasteiger charge is -2.22. The van der Waals surface area contributed by atoms with Gasteiger partial charge in [-0.1, -0.05) is 34.1 Å². The van der Waals surface area contributed by atoms with Crippen LogP contribution in [-0.4, -0.2) is 0 Å². The van der Waals surface area contributed by atoms with Gasteiger partial charge in [0.15, 0.2) is 0 Å². The van der Waals surface area contributed by atoms with E-state index in [4.69, 9.17) is 5.84 Å². The number of nitrogens with one attached hydrogen (secondary N) is 1. The maximum atomic E-state index is 14.2. The minimum absolute atomic E-state index is 0.278. The lowest BCUT2D eigenvalue weighted by molar-refractivity contribution is 0.556. The van der Waals surface area contributed by atoms with Crippen LogP contribution in [0.2, 0.25) is 0 Å². The highest BCUT2D eigenvalue weighted by Crippen LogP contribution is 2.32. The quantitative estimate of drug-likeness (QED) is 0.655. The molecule has 1 unspecified atom stereocenters. The summed E-state index contributed by atoms with van der Waals surface area (Å²) in [6, 6.07) is 8.71. The molecule has 3 N–H and O–H groups in total. The summed E-state index contributed by atoms with van der Waals surface area (Å²) < 4.78 is 14.9. The maximum absolute atomic E-state index is 14.2. The Balaban J connectivity index is 2.62. The van der Waals surface area contributed by atoms with Crippen LogP contribution in [0.1, 0.15) is 33.9 Å². The van der Waals surface area contributed by atoms with Crippen LogP contribution in [-0.2, 0) is 0 Å². The zero-order chi connectivity index (χ0) is 14.9. The van der Waals surface area contributed by atoms with Crippen LogP contribution >= 0.6 is 15.9 Å². The van der Waals surface area contributed by atoms with Crippen molar-refractivity contribution in [3.8, 4) is 0 Å². The fraction of sp³-hybridized carbons (Fsp3) is 0.250. The summed E-state index contributed by atoms with van der Waals surface area (Å²) in [5.74, 6) is 5.42. The maximum Gasteiger partial charge on any atom is 0.129 e. The zero-order valence-electron chi connectivity index (χ0n) is 11.8. The lowest BCUT2D eigenvalue weighted by Crippen LogP contribution is -2.30. The smallest absolute Gasteiger partial charge is 0.129 e. The predicted octanol–water partition coefficient (Wildman–Crippen LogP) is 4.07. The third kappa shape index (κ3) is 2.77. The first-order chi connectivity index (χ1) is 9.45. The molecule has 0 saturated heterocycles. The molecular formula is C16H18BrFN2. The van der Waals surface area contributed by atoms with Gasteiger partial charge in [-0.15, -0.1) is 0 Å². The Kier molecular flexibility index (Phi) is 4.58. The first-order valence-corrected chi connectivity index (χ1v) is 7.22. The van der Waals surface area contributed by atoms with Crippen LogP contribution in [0.3, 0.4) is 0 Å². The Bertz CT molecular complexity index is 620. The molecule has 0 radical (unpaired) electrons. The average molecular weight is 337 g/mol. The monoisotopic (exact) mass is 336 g/mol. The molecule has 2 rings (SSSR count). The van der Waals surface area contributed by atoms with E-state index >= 15 is 0 Å². The van der Waals surface area contributed by atoms with Crippen molar-refractivity contribution in [3.05, 3.63) is 68.4 Å². The number of hydrogen-bond acceptors (Lipinski definition) is 2. The van der Waals surface area contributed by atoms with Crippen LogP contribution in [0.5, 0.6) is 0 Å².